The Morgan fingerprint density at radius 3 is 2.21 bits per heavy atom. The predicted octanol–water partition coefficient (Wildman–Crippen LogP) is 4.06. The van der Waals surface area contributed by atoms with Crippen molar-refractivity contribution in [3.63, 3.8) is 0 Å². The van der Waals surface area contributed by atoms with E-state index in [1.54, 1.807) is 36.4 Å². The number of Topliss-reactive ketones (excluding diaryl/α,β-unsaturated/α-hetero) is 2. The van der Waals surface area contributed by atoms with Gasteiger partial charge in [-0.25, -0.2) is 4.79 Å². The number of carbonyl (C=O) groups excluding carboxylic acids is 5. The lowest BCUT2D eigenvalue weighted by molar-refractivity contribution is -0.322. The van der Waals surface area contributed by atoms with Crippen molar-refractivity contribution in [1.29, 1.82) is 0 Å². The second-order valence-corrected chi connectivity index (χ2v) is 15.3. The molecule has 1 aromatic heterocycles. The van der Waals surface area contributed by atoms with Crippen LogP contribution in [0.1, 0.15) is 75.7 Å². The normalized spacial score (nSPS) is 43.0. The Hall–Kier alpha value is -3.83. The zero-order valence-electron chi connectivity index (χ0n) is 27.8. The van der Waals surface area contributed by atoms with Crippen molar-refractivity contribution in [3.05, 3.63) is 60.1 Å². The molecule has 2 bridgehead atoms. The maximum Gasteiger partial charge on any atom is 0.338 e. The largest absolute Gasteiger partial charge is 0.472 e. The lowest BCUT2D eigenvalue weighted by Gasteiger charge is -2.72. The summed E-state index contributed by atoms with van der Waals surface area (Å²) in [4.78, 5) is 68.9. The van der Waals surface area contributed by atoms with Gasteiger partial charge in [-0.2, -0.15) is 0 Å². The van der Waals surface area contributed by atoms with Gasteiger partial charge >= 0.3 is 17.9 Å². The Bertz CT molecular complexity index is 1650. The minimum atomic E-state index is -1.35. The van der Waals surface area contributed by atoms with E-state index in [2.05, 4.69) is 0 Å². The number of hydrogen-bond donors (Lipinski definition) is 1. The number of aliphatic hydroxyl groups is 1. The number of benzene rings is 1. The van der Waals surface area contributed by atoms with Crippen LogP contribution in [0.3, 0.4) is 0 Å². The van der Waals surface area contributed by atoms with Crippen LogP contribution in [0.15, 0.2) is 53.3 Å². The Balaban J connectivity index is 1.46. The van der Waals surface area contributed by atoms with Crippen LogP contribution in [0.4, 0.5) is 0 Å². The minimum Gasteiger partial charge on any atom is -0.472 e. The monoisotopic (exact) mass is 662 g/mol. The van der Waals surface area contributed by atoms with Crippen LogP contribution < -0.4 is 0 Å². The van der Waals surface area contributed by atoms with E-state index in [1.807, 2.05) is 20.8 Å². The summed E-state index contributed by atoms with van der Waals surface area (Å²) in [6, 6.07) is 10.3. The summed E-state index contributed by atoms with van der Waals surface area (Å²) in [6.45, 7) is 8.25. The number of ether oxygens (including phenoxy) is 4. The van der Waals surface area contributed by atoms with Gasteiger partial charge in [-0.15, -0.1) is 0 Å². The van der Waals surface area contributed by atoms with Gasteiger partial charge in [-0.3, -0.25) is 19.2 Å². The summed E-state index contributed by atoms with van der Waals surface area (Å²) >= 11 is 0. The van der Waals surface area contributed by atoms with Gasteiger partial charge in [0.2, 0.25) is 0 Å². The van der Waals surface area contributed by atoms with Gasteiger partial charge in [0.25, 0.3) is 0 Å². The summed E-state index contributed by atoms with van der Waals surface area (Å²) in [7, 11) is 0. The molecule has 48 heavy (non-hydrogen) atoms. The van der Waals surface area contributed by atoms with Gasteiger partial charge < -0.3 is 28.5 Å². The molecule has 2 heterocycles. The molecule has 4 saturated carbocycles. The highest BCUT2D eigenvalue weighted by Gasteiger charge is 2.82. The number of esters is 3. The molecule has 1 N–H and O–H groups in total. The van der Waals surface area contributed by atoms with E-state index in [1.165, 1.54) is 26.4 Å². The standard InChI is InChI=1S/C37H42O11/c1-19(38)46-27-15-26(41)37-18-45-17-34(27,3)25(37)14-28(48-33(43)21-9-7-6-8-10-21)36(5)30-24(40)13-23(22-11-12-44-16-22)35(30,4)32(47-20(2)39)29(42)31(36)37/h6-12,16,23,25-28,30-32,41H,13-15,17-18H2,1-5H3/t23-,25-,26-,27+,28+,30+,31-,32-,34+,35-,36-,37+/m0/s1. The molecule has 12 atom stereocenters. The zero-order valence-corrected chi connectivity index (χ0v) is 27.8. The molecule has 2 aromatic rings. The van der Waals surface area contributed by atoms with Crippen LogP contribution in [-0.4, -0.2) is 72.2 Å². The fraction of sp³-hybridized carbons (Fsp3) is 0.595. The smallest absolute Gasteiger partial charge is 0.338 e. The van der Waals surface area contributed by atoms with Crippen LogP contribution in [-0.2, 0) is 38.1 Å². The van der Waals surface area contributed by atoms with E-state index >= 15 is 4.79 Å². The van der Waals surface area contributed by atoms with E-state index in [9.17, 15) is 24.3 Å². The molecule has 5 fully saturated rings. The first-order valence-electron chi connectivity index (χ1n) is 16.7. The van der Waals surface area contributed by atoms with E-state index in [-0.39, 0.29) is 38.3 Å². The van der Waals surface area contributed by atoms with Gasteiger partial charge in [0.05, 0.1) is 37.4 Å². The summed E-state index contributed by atoms with van der Waals surface area (Å²) < 4.78 is 29.9. The molecule has 11 nitrogen and oxygen atoms in total. The topological polar surface area (TPSA) is 156 Å². The van der Waals surface area contributed by atoms with Crippen LogP contribution in [0.2, 0.25) is 0 Å². The second kappa shape index (κ2) is 11.1. The quantitative estimate of drug-likeness (QED) is 0.364. The number of rotatable bonds is 5. The van der Waals surface area contributed by atoms with Crippen molar-refractivity contribution in [1.82, 2.24) is 0 Å². The molecule has 0 unspecified atom stereocenters. The van der Waals surface area contributed by atoms with Gasteiger partial charge in [0.15, 0.2) is 11.9 Å². The van der Waals surface area contributed by atoms with Crippen LogP contribution >= 0.6 is 0 Å². The van der Waals surface area contributed by atoms with Crippen molar-refractivity contribution < 1.29 is 52.4 Å². The second-order valence-electron chi connectivity index (χ2n) is 15.3. The Morgan fingerprint density at radius 2 is 1.56 bits per heavy atom. The highest BCUT2D eigenvalue weighted by Crippen LogP contribution is 2.75. The average Bonchev–Trinajstić information content (AvgIpc) is 3.65. The molecule has 256 valence electrons. The Morgan fingerprint density at radius 1 is 0.854 bits per heavy atom. The van der Waals surface area contributed by atoms with Gasteiger partial charge in [0.1, 0.15) is 18.0 Å². The van der Waals surface area contributed by atoms with Crippen molar-refractivity contribution in [2.24, 2.45) is 39.4 Å². The maximum atomic E-state index is 15.4. The van der Waals surface area contributed by atoms with Gasteiger partial charge in [0, 0.05) is 66.1 Å². The highest BCUT2D eigenvalue weighted by molar-refractivity contribution is 5.98. The summed E-state index contributed by atoms with van der Waals surface area (Å²) in [5.74, 6) is -5.53. The molecular weight excluding hydrogens is 620 g/mol. The molecule has 0 radical (unpaired) electrons. The van der Waals surface area contributed by atoms with Crippen molar-refractivity contribution in [2.45, 2.75) is 84.2 Å². The van der Waals surface area contributed by atoms with Crippen molar-refractivity contribution in [2.75, 3.05) is 13.2 Å². The van der Waals surface area contributed by atoms with Gasteiger partial charge in [-0.05, 0) is 36.1 Å². The lowest BCUT2D eigenvalue weighted by Crippen LogP contribution is -2.79. The molecule has 0 spiro atoms. The SMILES string of the molecule is CC(=O)O[C@@H]1C[C@H](O)[C@@]23COC[C@]1(C)[C@@H]2C[C@@H](OC(=O)c1ccccc1)[C@@]1(C)[C@@H]2C(=O)C[C@@H](c4ccoc4)[C@]2(C)[C@@H](OC(C)=O)C(=O)[C@@H]13. The van der Waals surface area contributed by atoms with Crippen LogP contribution in [0.25, 0.3) is 0 Å². The summed E-state index contributed by atoms with van der Waals surface area (Å²) in [5, 5.41) is 12.2. The molecule has 1 aromatic carbocycles. The van der Waals surface area contributed by atoms with E-state index < -0.39 is 93.4 Å². The molecule has 7 rings (SSSR count). The number of fused-ring (bicyclic) bond motifs is 3. The zero-order chi connectivity index (χ0) is 34.4. The molecule has 4 aliphatic carbocycles. The molecule has 0 amide bonds. The lowest BCUT2D eigenvalue weighted by atomic mass is 9.33. The number of carbonyl (C=O) groups is 5. The van der Waals surface area contributed by atoms with E-state index in [4.69, 9.17) is 23.4 Å². The predicted molar refractivity (Wildman–Crippen MR) is 166 cm³/mol. The number of aliphatic hydroxyl groups excluding tert-OH is 1. The summed E-state index contributed by atoms with van der Waals surface area (Å²) in [5.41, 5.74) is -3.73. The fourth-order valence-electron chi connectivity index (χ4n) is 11.2. The maximum absolute atomic E-state index is 15.4. The molecule has 1 aliphatic heterocycles. The number of ketones is 2. The third-order valence-corrected chi connectivity index (χ3v) is 12.9. The van der Waals surface area contributed by atoms with Crippen LogP contribution in [0, 0.1) is 39.4 Å². The molecule has 11 heteroatoms. The highest BCUT2D eigenvalue weighted by atomic mass is 16.6. The Labute approximate surface area is 278 Å². The van der Waals surface area contributed by atoms with Gasteiger partial charge in [-0.1, -0.05) is 39.0 Å². The first-order chi connectivity index (χ1) is 22.7. The first-order valence-corrected chi connectivity index (χ1v) is 16.7. The summed E-state index contributed by atoms with van der Waals surface area (Å²) in [6.07, 6.45) is -0.944. The number of hydrogen-bond acceptors (Lipinski definition) is 11. The van der Waals surface area contributed by atoms with Crippen molar-refractivity contribution in [3.8, 4) is 0 Å². The molecule has 5 aliphatic rings. The third-order valence-electron chi connectivity index (χ3n) is 12.9. The number of furan rings is 1. The fourth-order valence-corrected chi connectivity index (χ4v) is 11.2. The van der Waals surface area contributed by atoms with Crippen LogP contribution in [0.5, 0.6) is 0 Å². The third kappa shape index (κ3) is 4.28. The molecular formula is C37H42O11. The first kappa shape index (κ1) is 32.7. The Kier molecular flexibility index (Phi) is 7.56. The van der Waals surface area contributed by atoms with E-state index in [0.29, 0.717) is 11.1 Å². The minimum absolute atomic E-state index is 0.0118. The van der Waals surface area contributed by atoms with Crippen molar-refractivity contribution >= 4 is 29.5 Å². The van der Waals surface area contributed by atoms with E-state index in [0.717, 1.165) is 0 Å². The molecule has 1 saturated heterocycles. The average molecular weight is 663 g/mol.